The zero-order chi connectivity index (χ0) is 14.4. The summed E-state index contributed by atoms with van der Waals surface area (Å²) in [7, 11) is 0. The van der Waals surface area contributed by atoms with Crippen molar-refractivity contribution in [1.82, 2.24) is 0 Å². The molecule has 4 fully saturated rings. The summed E-state index contributed by atoms with van der Waals surface area (Å²) in [6.45, 7) is 2.08. The molecule has 108 valence electrons. The maximum Gasteiger partial charge on any atom is 0.150 e. The van der Waals surface area contributed by atoms with E-state index in [0.717, 1.165) is 35.2 Å². The SMILES string of the molecule is Cc1ccc(C=O)cc1C#CC12CC3CC(CC(C3)C1)C2. The number of carbonyl (C=O) groups excluding carboxylic acids is 1. The summed E-state index contributed by atoms with van der Waals surface area (Å²) >= 11 is 0. The van der Waals surface area contributed by atoms with Gasteiger partial charge in [0.15, 0.2) is 0 Å². The van der Waals surface area contributed by atoms with Crippen molar-refractivity contribution in [1.29, 1.82) is 0 Å². The molecule has 0 amide bonds. The zero-order valence-corrected chi connectivity index (χ0v) is 12.7. The lowest BCUT2D eigenvalue weighted by Gasteiger charge is -2.54. The van der Waals surface area contributed by atoms with Crippen molar-refractivity contribution in [3.63, 3.8) is 0 Å². The van der Waals surface area contributed by atoms with Crippen LogP contribution in [0.2, 0.25) is 0 Å². The fourth-order valence-corrected chi connectivity index (χ4v) is 5.31. The second kappa shape index (κ2) is 4.73. The topological polar surface area (TPSA) is 17.1 Å². The Balaban J connectivity index is 1.66. The van der Waals surface area contributed by atoms with E-state index < -0.39 is 0 Å². The molecule has 0 spiro atoms. The van der Waals surface area contributed by atoms with Gasteiger partial charge in [0.1, 0.15) is 6.29 Å². The van der Waals surface area contributed by atoms with E-state index in [1.165, 1.54) is 44.1 Å². The third-order valence-electron chi connectivity index (χ3n) is 5.90. The lowest BCUT2D eigenvalue weighted by atomic mass is 9.50. The molecule has 0 unspecified atom stereocenters. The van der Waals surface area contributed by atoms with Crippen molar-refractivity contribution in [2.24, 2.45) is 23.2 Å². The van der Waals surface area contributed by atoms with Crippen molar-refractivity contribution >= 4 is 6.29 Å². The van der Waals surface area contributed by atoms with Gasteiger partial charge in [0, 0.05) is 16.5 Å². The number of aryl methyl sites for hydroxylation is 1. The molecule has 1 aromatic rings. The van der Waals surface area contributed by atoms with Gasteiger partial charge in [0.05, 0.1) is 0 Å². The summed E-state index contributed by atoms with van der Waals surface area (Å²) in [5.74, 6) is 9.92. The van der Waals surface area contributed by atoms with Crippen LogP contribution in [0.3, 0.4) is 0 Å². The van der Waals surface area contributed by atoms with Gasteiger partial charge in [-0.1, -0.05) is 24.0 Å². The number of benzene rings is 1. The Morgan fingerprint density at radius 3 is 2.29 bits per heavy atom. The molecule has 0 aromatic heterocycles. The van der Waals surface area contributed by atoms with Crippen LogP contribution in [-0.4, -0.2) is 6.29 Å². The average molecular weight is 278 g/mol. The first kappa shape index (κ1) is 13.1. The minimum atomic E-state index is 0.290. The molecule has 0 atom stereocenters. The normalized spacial score (nSPS) is 36.1. The van der Waals surface area contributed by atoms with E-state index in [2.05, 4.69) is 18.8 Å². The van der Waals surface area contributed by atoms with Gasteiger partial charge in [-0.3, -0.25) is 4.79 Å². The standard InChI is InChI=1S/C20H22O/c1-14-2-3-15(13-21)9-19(14)4-5-20-10-16-6-17(11-20)8-18(7-16)12-20/h2-3,9,13,16-18H,6-8,10-12H2,1H3. The van der Waals surface area contributed by atoms with Crippen LogP contribution in [0, 0.1) is 41.9 Å². The largest absolute Gasteiger partial charge is 0.298 e. The molecule has 0 saturated heterocycles. The molecule has 4 bridgehead atoms. The first-order valence-corrected chi connectivity index (χ1v) is 8.25. The van der Waals surface area contributed by atoms with Crippen LogP contribution in [0.15, 0.2) is 18.2 Å². The maximum absolute atomic E-state index is 10.9. The average Bonchev–Trinajstić information content (AvgIpc) is 2.45. The minimum Gasteiger partial charge on any atom is -0.298 e. The van der Waals surface area contributed by atoms with Gasteiger partial charge in [-0.05, 0) is 74.8 Å². The van der Waals surface area contributed by atoms with E-state index in [9.17, 15) is 4.79 Å². The van der Waals surface area contributed by atoms with Gasteiger partial charge in [-0.15, -0.1) is 0 Å². The molecule has 1 nitrogen and oxygen atoms in total. The van der Waals surface area contributed by atoms with Gasteiger partial charge < -0.3 is 0 Å². The maximum atomic E-state index is 10.9. The highest BCUT2D eigenvalue weighted by Crippen LogP contribution is 2.59. The minimum absolute atomic E-state index is 0.290. The van der Waals surface area contributed by atoms with E-state index in [4.69, 9.17) is 0 Å². The number of hydrogen-bond acceptors (Lipinski definition) is 1. The molecule has 0 N–H and O–H groups in total. The third-order valence-corrected chi connectivity index (χ3v) is 5.90. The van der Waals surface area contributed by atoms with Crippen LogP contribution in [0.5, 0.6) is 0 Å². The highest BCUT2D eigenvalue weighted by molar-refractivity contribution is 5.76. The summed E-state index contributed by atoms with van der Waals surface area (Å²) in [5, 5.41) is 0. The fraction of sp³-hybridized carbons (Fsp3) is 0.550. The predicted molar refractivity (Wildman–Crippen MR) is 84.0 cm³/mol. The summed E-state index contributed by atoms with van der Waals surface area (Å²) < 4.78 is 0. The highest BCUT2D eigenvalue weighted by atomic mass is 16.1. The van der Waals surface area contributed by atoms with Crippen LogP contribution in [0.1, 0.15) is 60.0 Å². The highest BCUT2D eigenvalue weighted by Gasteiger charge is 2.50. The quantitative estimate of drug-likeness (QED) is 0.550. The van der Waals surface area contributed by atoms with E-state index in [0.29, 0.717) is 5.41 Å². The van der Waals surface area contributed by atoms with Crippen LogP contribution in [0.25, 0.3) is 0 Å². The molecule has 0 radical (unpaired) electrons. The zero-order valence-electron chi connectivity index (χ0n) is 12.7. The van der Waals surface area contributed by atoms with Crippen molar-refractivity contribution < 1.29 is 4.79 Å². The number of aldehydes is 1. The summed E-state index contributed by atoms with van der Waals surface area (Å²) in [6.07, 6.45) is 9.24. The van der Waals surface area contributed by atoms with Crippen molar-refractivity contribution in [2.75, 3.05) is 0 Å². The van der Waals surface area contributed by atoms with Gasteiger partial charge in [0.2, 0.25) is 0 Å². The Morgan fingerprint density at radius 2 is 1.71 bits per heavy atom. The Labute approximate surface area is 127 Å². The monoisotopic (exact) mass is 278 g/mol. The van der Waals surface area contributed by atoms with E-state index >= 15 is 0 Å². The second-order valence-electron chi connectivity index (χ2n) is 7.64. The molecule has 0 aliphatic heterocycles. The first-order chi connectivity index (χ1) is 10.2. The van der Waals surface area contributed by atoms with Crippen LogP contribution < -0.4 is 0 Å². The van der Waals surface area contributed by atoms with Crippen LogP contribution in [-0.2, 0) is 0 Å². The number of hydrogen-bond donors (Lipinski definition) is 0. The molecular formula is C20H22O. The van der Waals surface area contributed by atoms with Crippen LogP contribution >= 0.6 is 0 Å². The molecule has 1 aromatic carbocycles. The third kappa shape index (κ3) is 2.31. The fourth-order valence-electron chi connectivity index (χ4n) is 5.31. The molecule has 4 aliphatic rings. The predicted octanol–water partition coefficient (Wildman–Crippen LogP) is 4.38. The smallest absolute Gasteiger partial charge is 0.150 e. The van der Waals surface area contributed by atoms with E-state index in [1.54, 1.807) is 0 Å². The Hall–Kier alpha value is -1.55. The Kier molecular flexibility index (Phi) is 2.96. The van der Waals surface area contributed by atoms with Gasteiger partial charge in [-0.25, -0.2) is 0 Å². The molecule has 21 heavy (non-hydrogen) atoms. The molecular weight excluding hydrogens is 256 g/mol. The van der Waals surface area contributed by atoms with E-state index in [-0.39, 0.29) is 0 Å². The van der Waals surface area contributed by atoms with Crippen molar-refractivity contribution in [3.8, 4) is 11.8 Å². The molecule has 5 rings (SSSR count). The Bertz CT molecular complexity index is 608. The molecule has 4 aliphatic carbocycles. The van der Waals surface area contributed by atoms with Crippen molar-refractivity contribution in [2.45, 2.75) is 45.4 Å². The first-order valence-electron chi connectivity index (χ1n) is 8.25. The lowest BCUT2D eigenvalue weighted by molar-refractivity contribution is -0.0181. The molecule has 0 heterocycles. The number of carbonyl (C=O) groups is 1. The van der Waals surface area contributed by atoms with Crippen molar-refractivity contribution in [3.05, 3.63) is 34.9 Å². The summed E-state index contributed by atoms with van der Waals surface area (Å²) in [4.78, 5) is 10.9. The summed E-state index contributed by atoms with van der Waals surface area (Å²) in [6, 6.07) is 5.82. The van der Waals surface area contributed by atoms with Gasteiger partial charge in [-0.2, -0.15) is 0 Å². The van der Waals surface area contributed by atoms with E-state index in [1.807, 2.05) is 18.2 Å². The van der Waals surface area contributed by atoms with Gasteiger partial charge >= 0.3 is 0 Å². The second-order valence-corrected chi connectivity index (χ2v) is 7.64. The number of rotatable bonds is 1. The van der Waals surface area contributed by atoms with Crippen LogP contribution in [0.4, 0.5) is 0 Å². The van der Waals surface area contributed by atoms with Gasteiger partial charge in [0.25, 0.3) is 0 Å². The lowest BCUT2D eigenvalue weighted by Crippen LogP contribution is -2.45. The molecule has 1 heteroatoms. The molecule has 4 saturated carbocycles. The Morgan fingerprint density at radius 1 is 1.10 bits per heavy atom. The summed E-state index contributed by atoms with van der Waals surface area (Å²) in [5.41, 5.74) is 3.24.